The van der Waals surface area contributed by atoms with Gasteiger partial charge in [0.25, 0.3) is 5.91 Å². The van der Waals surface area contributed by atoms with E-state index < -0.39 is 23.7 Å². The van der Waals surface area contributed by atoms with Crippen LogP contribution in [0.4, 0.5) is 8.78 Å². The largest absolute Gasteiger partial charge is 0.487 e. The van der Waals surface area contributed by atoms with Crippen molar-refractivity contribution in [2.75, 3.05) is 72.9 Å². The Morgan fingerprint density at radius 1 is 0.957 bits per heavy atom. The summed E-state index contributed by atoms with van der Waals surface area (Å²) < 4.78 is 47.0. The fourth-order valence-electron chi connectivity index (χ4n) is 6.07. The van der Waals surface area contributed by atoms with Gasteiger partial charge in [0.2, 0.25) is 17.6 Å². The minimum absolute atomic E-state index is 0.0557. The molecule has 2 fully saturated rings. The zero-order chi connectivity index (χ0) is 33.2. The summed E-state index contributed by atoms with van der Waals surface area (Å²) in [5.74, 6) is -3.17. The number of carbonyl (C=O) groups excluding carboxylic acids is 3. The number of aryl methyl sites for hydroxylation is 1. The lowest BCUT2D eigenvalue weighted by atomic mass is 9.83. The fraction of sp³-hybridized carbons (Fsp3) is 0.656. The van der Waals surface area contributed by atoms with Gasteiger partial charge in [-0.15, -0.1) is 0 Å². The topological polar surface area (TPSA) is 135 Å². The van der Waals surface area contributed by atoms with Crippen molar-refractivity contribution >= 4 is 28.6 Å². The summed E-state index contributed by atoms with van der Waals surface area (Å²) in [6, 6.07) is 1.48. The predicted molar refractivity (Wildman–Crippen MR) is 167 cm³/mol. The molecule has 4 rings (SSSR count). The number of rotatable bonds is 15. The van der Waals surface area contributed by atoms with Crippen molar-refractivity contribution < 1.29 is 42.5 Å². The molecule has 12 nitrogen and oxygen atoms in total. The van der Waals surface area contributed by atoms with Crippen LogP contribution in [0.2, 0.25) is 0 Å². The minimum Gasteiger partial charge on any atom is -0.487 e. The number of benzene rings is 1. The summed E-state index contributed by atoms with van der Waals surface area (Å²) in [6.45, 7) is 3.59. The number of aliphatic hydroxyl groups excluding tert-OH is 1. The van der Waals surface area contributed by atoms with Crippen molar-refractivity contribution in [3.8, 4) is 5.75 Å². The molecule has 1 aromatic carbocycles. The third-order valence-corrected chi connectivity index (χ3v) is 8.89. The monoisotopic (exact) mass is 651 g/mol. The molecule has 256 valence electrons. The van der Waals surface area contributed by atoms with E-state index in [4.69, 9.17) is 19.3 Å². The second kappa shape index (κ2) is 17.0. The maximum Gasteiger partial charge on any atom is 0.270 e. The summed E-state index contributed by atoms with van der Waals surface area (Å²) in [6.07, 6.45) is 4.93. The van der Waals surface area contributed by atoms with Crippen LogP contribution in [0.5, 0.6) is 5.75 Å². The van der Waals surface area contributed by atoms with Gasteiger partial charge in [-0.3, -0.25) is 14.4 Å². The van der Waals surface area contributed by atoms with Gasteiger partial charge in [-0.2, -0.15) is 4.39 Å². The number of carbonyl (C=O) groups is 3. The van der Waals surface area contributed by atoms with Crippen LogP contribution < -0.4 is 15.4 Å². The molecule has 2 aromatic rings. The van der Waals surface area contributed by atoms with Crippen molar-refractivity contribution in [1.29, 1.82) is 0 Å². The smallest absolute Gasteiger partial charge is 0.270 e. The molecule has 0 unspecified atom stereocenters. The van der Waals surface area contributed by atoms with Crippen LogP contribution in [0.3, 0.4) is 0 Å². The Morgan fingerprint density at radius 2 is 1.59 bits per heavy atom. The predicted octanol–water partition coefficient (Wildman–Crippen LogP) is 1.82. The lowest BCUT2D eigenvalue weighted by molar-refractivity contribution is -0.140. The normalized spacial score (nSPS) is 17.3. The highest BCUT2D eigenvalue weighted by Gasteiger charge is 2.36. The van der Waals surface area contributed by atoms with E-state index in [0.29, 0.717) is 18.6 Å². The summed E-state index contributed by atoms with van der Waals surface area (Å²) in [7, 11) is 3.31. The Hall–Kier alpha value is -3.33. The fourth-order valence-corrected chi connectivity index (χ4v) is 6.07. The van der Waals surface area contributed by atoms with Crippen LogP contribution in [0.25, 0.3) is 10.9 Å². The first-order valence-corrected chi connectivity index (χ1v) is 16.1. The van der Waals surface area contributed by atoms with Crippen LogP contribution in [0.15, 0.2) is 12.1 Å². The van der Waals surface area contributed by atoms with E-state index in [-0.39, 0.29) is 93.2 Å². The Kier molecular flexibility index (Phi) is 13.1. The molecule has 2 heterocycles. The summed E-state index contributed by atoms with van der Waals surface area (Å²) in [4.78, 5) is 43.5. The number of amides is 3. The zero-order valence-electron chi connectivity index (χ0n) is 27.0. The number of halogens is 2. The summed E-state index contributed by atoms with van der Waals surface area (Å²) in [5, 5.41) is 14.9. The zero-order valence-corrected chi connectivity index (χ0v) is 27.0. The number of ether oxygens (including phenoxy) is 3. The Morgan fingerprint density at radius 3 is 2.24 bits per heavy atom. The lowest BCUT2D eigenvalue weighted by Crippen LogP contribution is -2.59. The molecule has 0 radical (unpaired) electrons. The van der Waals surface area contributed by atoms with Gasteiger partial charge >= 0.3 is 0 Å². The van der Waals surface area contributed by atoms with Crippen LogP contribution in [0, 0.1) is 17.6 Å². The average molecular weight is 652 g/mol. The van der Waals surface area contributed by atoms with Gasteiger partial charge in [0, 0.05) is 44.7 Å². The van der Waals surface area contributed by atoms with E-state index in [0.717, 1.165) is 38.2 Å². The van der Waals surface area contributed by atoms with E-state index in [1.165, 1.54) is 10.6 Å². The van der Waals surface area contributed by atoms with Crippen LogP contribution >= 0.6 is 0 Å². The molecule has 1 saturated heterocycles. The Bertz CT molecular complexity index is 1340. The van der Waals surface area contributed by atoms with Gasteiger partial charge in [0.1, 0.15) is 18.3 Å². The molecule has 14 heteroatoms. The van der Waals surface area contributed by atoms with Crippen LogP contribution in [0.1, 0.15) is 49.5 Å². The van der Waals surface area contributed by atoms with Crippen molar-refractivity contribution in [2.24, 2.45) is 13.0 Å². The van der Waals surface area contributed by atoms with Gasteiger partial charge in [-0.1, -0.05) is 19.3 Å². The molecular formula is C32H47F2N5O7. The molecule has 1 aliphatic heterocycles. The van der Waals surface area contributed by atoms with Gasteiger partial charge in [0.05, 0.1) is 44.6 Å². The molecule has 1 saturated carbocycles. The summed E-state index contributed by atoms with van der Waals surface area (Å²) in [5.41, 5.74) is 0.529. The first kappa shape index (κ1) is 35.5. The van der Waals surface area contributed by atoms with Gasteiger partial charge in [0.15, 0.2) is 11.6 Å². The molecule has 3 N–H and O–H groups in total. The van der Waals surface area contributed by atoms with Crippen LogP contribution in [-0.2, 0) is 26.1 Å². The van der Waals surface area contributed by atoms with Crippen molar-refractivity contribution in [2.45, 2.75) is 51.1 Å². The average Bonchev–Trinajstić information content (AvgIpc) is 3.40. The maximum absolute atomic E-state index is 14.8. The molecule has 0 spiro atoms. The SMILES string of the molecule is CN[C@@H](C)C(=O)N[C@H](C(=O)N1CCN(C(=O)c2cc3c(OCCOCCOCCO)c(F)c(F)cc3n2C)CC1)C1CCCCC1. The lowest BCUT2D eigenvalue weighted by Gasteiger charge is -2.39. The number of hydrogen-bond donors (Lipinski definition) is 3. The third-order valence-electron chi connectivity index (χ3n) is 8.89. The second-order valence-electron chi connectivity index (χ2n) is 11.8. The molecule has 2 atom stereocenters. The molecule has 2 aliphatic rings. The number of hydrogen-bond acceptors (Lipinski definition) is 8. The van der Waals surface area contributed by atoms with Crippen molar-refractivity contribution in [3.05, 3.63) is 29.5 Å². The first-order chi connectivity index (χ1) is 22.2. The van der Waals surface area contributed by atoms with Gasteiger partial charge < -0.3 is 44.3 Å². The molecule has 3 amide bonds. The molecule has 0 bridgehead atoms. The Balaban J connectivity index is 1.41. The van der Waals surface area contributed by atoms with Crippen LogP contribution in [-0.4, -0.2) is 122 Å². The molecule has 1 aliphatic carbocycles. The number of nitrogens with one attached hydrogen (secondary N) is 2. The van der Waals surface area contributed by atoms with Gasteiger partial charge in [-0.05, 0) is 38.8 Å². The highest BCUT2D eigenvalue weighted by atomic mass is 19.2. The third kappa shape index (κ3) is 8.52. The van der Waals surface area contributed by atoms with Crippen molar-refractivity contribution in [1.82, 2.24) is 25.0 Å². The number of piperazine rings is 1. The maximum atomic E-state index is 14.8. The molecule has 1 aromatic heterocycles. The van der Waals surface area contributed by atoms with E-state index >= 15 is 0 Å². The molecule has 46 heavy (non-hydrogen) atoms. The van der Waals surface area contributed by atoms with E-state index in [1.54, 1.807) is 30.8 Å². The minimum atomic E-state index is -1.15. The quantitative estimate of drug-likeness (QED) is 0.249. The number of aromatic nitrogens is 1. The number of nitrogens with zero attached hydrogens (tertiary/aromatic N) is 3. The number of aliphatic hydroxyl groups is 1. The van der Waals surface area contributed by atoms with Crippen molar-refractivity contribution in [3.63, 3.8) is 0 Å². The number of likely N-dealkylation sites (N-methyl/N-ethyl adjacent to an activating group) is 1. The number of fused-ring (bicyclic) bond motifs is 1. The van der Waals surface area contributed by atoms with E-state index in [9.17, 15) is 23.2 Å². The second-order valence-corrected chi connectivity index (χ2v) is 11.8. The summed E-state index contributed by atoms with van der Waals surface area (Å²) >= 11 is 0. The van der Waals surface area contributed by atoms with E-state index in [2.05, 4.69) is 10.6 Å². The van der Waals surface area contributed by atoms with E-state index in [1.807, 2.05) is 0 Å². The highest BCUT2D eigenvalue weighted by Crippen LogP contribution is 2.34. The first-order valence-electron chi connectivity index (χ1n) is 16.1. The van der Waals surface area contributed by atoms with Gasteiger partial charge in [-0.25, -0.2) is 4.39 Å². The standard InChI is InChI=1S/C32H47F2N5O7/c1-21(35-2)30(41)36-28(22-7-5-4-6-8-22)32(43)39-11-9-38(10-12-39)31(42)26-19-23-25(37(26)3)20-24(33)27(34)29(23)46-18-17-45-16-15-44-14-13-40/h19-22,28,35,40H,4-18H2,1-3H3,(H,36,41)/t21-,28-/m0/s1. The highest BCUT2D eigenvalue weighted by molar-refractivity contribution is 6.00. The molecular weight excluding hydrogens is 604 g/mol. The Labute approximate surface area is 268 Å².